The monoisotopic (exact) mass is 206 g/mol. The van der Waals surface area contributed by atoms with E-state index >= 15 is 0 Å². The second kappa shape index (κ2) is 4.75. The molecule has 0 saturated carbocycles. The summed E-state index contributed by atoms with van der Waals surface area (Å²) in [6.45, 7) is 10.8. The van der Waals surface area contributed by atoms with Crippen molar-refractivity contribution in [2.24, 2.45) is 5.73 Å². The Bertz CT molecular complexity index is 327. The smallest absolute Gasteiger partial charge is 0.0571 e. The Morgan fingerprint density at radius 3 is 1.93 bits per heavy atom. The highest BCUT2D eigenvalue weighted by atomic mass is 14.8. The van der Waals surface area contributed by atoms with Crippen molar-refractivity contribution in [1.82, 2.24) is 4.98 Å². The molecular weight excluding hydrogens is 184 g/mol. The third-order valence-electron chi connectivity index (χ3n) is 2.70. The van der Waals surface area contributed by atoms with Crippen molar-refractivity contribution in [3.05, 3.63) is 29.1 Å². The van der Waals surface area contributed by atoms with Crippen molar-refractivity contribution in [3.8, 4) is 0 Å². The fraction of sp³-hybridized carbons (Fsp3) is 0.615. The molecule has 2 nitrogen and oxygen atoms in total. The Morgan fingerprint density at radius 2 is 1.53 bits per heavy atom. The Morgan fingerprint density at radius 1 is 1.00 bits per heavy atom. The molecule has 0 radical (unpaired) electrons. The van der Waals surface area contributed by atoms with Gasteiger partial charge in [-0.2, -0.15) is 0 Å². The second-order valence-electron chi connectivity index (χ2n) is 4.84. The topological polar surface area (TPSA) is 38.9 Å². The molecule has 1 aromatic heterocycles. The number of nitrogens with two attached hydrogens (primary N) is 1. The average molecular weight is 206 g/mol. The van der Waals surface area contributed by atoms with Crippen LogP contribution in [0.5, 0.6) is 0 Å². The van der Waals surface area contributed by atoms with Gasteiger partial charge in [0.05, 0.1) is 5.69 Å². The first-order chi connectivity index (χ1) is 6.93. The molecule has 2 N–H and O–H groups in total. The van der Waals surface area contributed by atoms with E-state index in [4.69, 9.17) is 5.73 Å². The maximum atomic E-state index is 5.85. The van der Waals surface area contributed by atoms with Gasteiger partial charge in [0.2, 0.25) is 0 Å². The summed E-state index contributed by atoms with van der Waals surface area (Å²) in [5, 5.41) is 0. The zero-order valence-electron chi connectivity index (χ0n) is 10.4. The molecule has 0 bridgehead atoms. The lowest BCUT2D eigenvalue weighted by molar-refractivity contribution is 0.740. The van der Waals surface area contributed by atoms with Crippen LogP contribution in [0, 0.1) is 0 Å². The normalized spacial score (nSPS) is 13.6. The molecule has 84 valence electrons. The van der Waals surface area contributed by atoms with Crippen molar-refractivity contribution in [2.45, 2.75) is 52.5 Å². The van der Waals surface area contributed by atoms with Gasteiger partial charge in [0.25, 0.3) is 0 Å². The van der Waals surface area contributed by atoms with E-state index in [-0.39, 0.29) is 6.04 Å². The van der Waals surface area contributed by atoms with Gasteiger partial charge in [0.1, 0.15) is 0 Å². The van der Waals surface area contributed by atoms with E-state index in [0.29, 0.717) is 11.8 Å². The van der Waals surface area contributed by atoms with Gasteiger partial charge in [-0.25, -0.2) is 0 Å². The molecule has 0 aromatic carbocycles. The predicted molar refractivity (Wildman–Crippen MR) is 65.0 cm³/mol. The minimum atomic E-state index is 0.0173. The number of aromatic nitrogens is 1. The van der Waals surface area contributed by atoms with Crippen molar-refractivity contribution < 1.29 is 0 Å². The maximum absolute atomic E-state index is 5.85. The molecule has 0 saturated heterocycles. The Kier molecular flexibility index (Phi) is 3.86. The largest absolute Gasteiger partial charge is 0.323 e. The lowest BCUT2D eigenvalue weighted by atomic mass is 9.91. The summed E-state index contributed by atoms with van der Waals surface area (Å²) in [6, 6.07) is 2.17. The van der Waals surface area contributed by atoms with E-state index in [1.807, 2.05) is 13.1 Å². The van der Waals surface area contributed by atoms with Gasteiger partial charge < -0.3 is 5.73 Å². The van der Waals surface area contributed by atoms with Crippen LogP contribution in [0.3, 0.4) is 0 Å². The van der Waals surface area contributed by atoms with Crippen molar-refractivity contribution in [1.29, 1.82) is 0 Å². The van der Waals surface area contributed by atoms with E-state index in [1.54, 1.807) is 0 Å². The van der Waals surface area contributed by atoms with E-state index < -0.39 is 0 Å². The molecule has 2 heteroatoms. The number of pyridine rings is 1. The van der Waals surface area contributed by atoms with Crippen molar-refractivity contribution in [2.75, 3.05) is 0 Å². The maximum Gasteiger partial charge on any atom is 0.0571 e. The van der Waals surface area contributed by atoms with E-state index in [2.05, 4.69) is 38.7 Å². The van der Waals surface area contributed by atoms with E-state index in [0.717, 1.165) is 5.69 Å². The summed E-state index contributed by atoms with van der Waals surface area (Å²) in [4.78, 5) is 4.42. The molecule has 0 aliphatic heterocycles. The third-order valence-corrected chi connectivity index (χ3v) is 2.70. The first-order valence-corrected chi connectivity index (χ1v) is 5.68. The molecule has 1 atom stereocenters. The lowest BCUT2D eigenvalue weighted by Gasteiger charge is -2.17. The second-order valence-corrected chi connectivity index (χ2v) is 4.84. The Balaban J connectivity index is 3.21. The van der Waals surface area contributed by atoms with Gasteiger partial charge in [-0.15, -0.1) is 0 Å². The van der Waals surface area contributed by atoms with E-state index in [1.165, 1.54) is 11.1 Å². The first-order valence-electron chi connectivity index (χ1n) is 5.68. The Labute approximate surface area is 92.9 Å². The van der Waals surface area contributed by atoms with Crippen molar-refractivity contribution in [3.63, 3.8) is 0 Å². The zero-order chi connectivity index (χ0) is 11.6. The van der Waals surface area contributed by atoms with Crippen molar-refractivity contribution >= 4 is 0 Å². The van der Waals surface area contributed by atoms with Gasteiger partial charge in [0.15, 0.2) is 0 Å². The molecular formula is C13H22N2. The molecule has 1 aromatic rings. The van der Waals surface area contributed by atoms with Crippen LogP contribution in [0.15, 0.2) is 12.3 Å². The lowest BCUT2D eigenvalue weighted by Crippen LogP contribution is -2.10. The standard InChI is InChI=1S/C13H22N2/c1-8(2)11-6-13(10(5)14)15-7-12(11)9(3)4/h6-10H,14H2,1-5H3. The van der Waals surface area contributed by atoms with Gasteiger partial charge in [-0.1, -0.05) is 27.7 Å². The number of nitrogens with zero attached hydrogens (tertiary/aromatic N) is 1. The van der Waals surface area contributed by atoms with Gasteiger partial charge in [-0.3, -0.25) is 4.98 Å². The van der Waals surface area contributed by atoms with E-state index in [9.17, 15) is 0 Å². The molecule has 1 unspecified atom stereocenters. The van der Waals surface area contributed by atoms with Crippen LogP contribution in [0.25, 0.3) is 0 Å². The quantitative estimate of drug-likeness (QED) is 0.823. The minimum Gasteiger partial charge on any atom is -0.323 e. The summed E-state index contributed by atoms with van der Waals surface area (Å²) in [5.74, 6) is 1.06. The molecule has 0 aliphatic rings. The van der Waals surface area contributed by atoms with Crippen LogP contribution in [0.4, 0.5) is 0 Å². The molecule has 0 fully saturated rings. The summed E-state index contributed by atoms with van der Waals surface area (Å²) in [7, 11) is 0. The fourth-order valence-electron chi connectivity index (χ4n) is 1.73. The highest BCUT2D eigenvalue weighted by molar-refractivity contribution is 5.32. The van der Waals surface area contributed by atoms with Gasteiger partial charge in [0, 0.05) is 12.2 Å². The average Bonchev–Trinajstić information content (AvgIpc) is 2.16. The molecule has 1 heterocycles. The first kappa shape index (κ1) is 12.2. The molecule has 1 rings (SSSR count). The number of hydrogen-bond acceptors (Lipinski definition) is 2. The summed E-state index contributed by atoms with van der Waals surface area (Å²) < 4.78 is 0. The van der Waals surface area contributed by atoms with Crippen LogP contribution in [-0.4, -0.2) is 4.98 Å². The molecule has 15 heavy (non-hydrogen) atoms. The fourth-order valence-corrected chi connectivity index (χ4v) is 1.73. The van der Waals surface area contributed by atoms with Gasteiger partial charge >= 0.3 is 0 Å². The van der Waals surface area contributed by atoms with Gasteiger partial charge in [-0.05, 0) is 36.0 Å². The summed E-state index contributed by atoms with van der Waals surface area (Å²) in [6.07, 6.45) is 1.98. The summed E-state index contributed by atoms with van der Waals surface area (Å²) >= 11 is 0. The molecule has 0 amide bonds. The number of rotatable bonds is 3. The molecule has 0 aliphatic carbocycles. The highest BCUT2D eigenvalue weighted by Gasteiger charge is 2.12. The van der Waals surface area contributed by atoms with Crippen LogP contribution in [-0.2, 0) is 0 Å². The SMILES string of the molecule is CC(C)c1cnc(C(C)N)cc1C(C)C. The summed E-state index contributed by atoms with van der Waals surface area (Å²) in [5.41, 5.74) is 9.56. The third kappa shape index (κ3) is 2.78. The predicted octanol–water partition coefficient (Wildman–Crippen LogP) is 3.35. The van der Waals surface area contributed by atoms with Crippen LogP contribution < -0.4 is 5.73 Å². The number of hydrogen-bond donors (Lipinski definition) is 1. The highest BCUT2D eigenvalue weighted by Crippen LogP contribution is 2.26. The zero-order valence-corrected chi connectivity index (χ0v) is 10.4. The molecule has 0 spiro atoms. The van der Waals surface area contributed by atoms with Crippen LogP contribution in [0.1, 0.15) is 69.3 Å². The minimum absolute atomic E-state index is 0.0173. The van der Waals surface area contributed by atoms with Crippen LogP contribution in [0.2, 0.25) is 0 Å². The Hall–Kier alpha value is -0.890. The van der Waals surface area contributed by atoms with Crippen LogP contribution >= 0.6 is 0 Å².